The third-order valence-corrected chi connectivity index (χ3v) is 3.79. The van der Waals surface area contributed by atoms with Gasteiger partial charge in [-0.1, -0.05) is 6.07 Å². The second-order valence-electron chi connectivity index (χ2n) is 6.12. The van der Waals surface area contributed by atoms with Gasteiger partial charge in [-0.05, 0) is 51.5 Å². The lowest BCUT2D eigenvalue weighted by molar-refractivity contribution is -0.121. The maximum absolute atomic E-state index is 11.9. The summed E-state index contributed by atoms with van der Waals surface area (Å²) in [7, 11) is 0. The molecule has 0 aromatic heterocycles. The van der Waals surface area contributed by atoms with Crippen LogP contribution < -0.4 is 14.8 Å². The molecular formula is C16H21NO4. The van der Waals surface area contributed by atoms with Gasteiger partial charge in [0.2, 0.25) is 12.7 Å². The average Bonchev–Trinajstić information content (AvgIpc) is 2.81. The third kappa shape index (κ3) is 3.55. The molecule has 0 radical (unpaired) electrons. The maximum atomic E-state index is 11.9. The van der Waals surface area contributed by atoms with E-state index in [1.165, 1.54) is 6.08 Å². The lowest BCUT2D eigenvalue weighted by atomic mass is 9.86. The van der Waals surface area contributed by atoms with E-state index in [4.69, 9.17) is 9.47 Å². The fraction of sp³-hybridized carbons (Fsp3) is 0.438. The highest BCUT2D eigenvalue weighted by atomic mass is 16.7. The Hall–Kier alpha value is -2.01. The smallest absolute Gasteiger partial charge is 0.244 e. The summed E-state index contributed by atoms with van der Waals surface area (Å²) in [5.41, 5.74) is -0.908. The minimum Gasteiger partial charge on any atom is -0.454 e. The number of amides is 1. The van der Waals surface area contributed by atoms with Crippen LogP contribution in [-0.4, -0.2) is 28.9 Å². The Bertz CT molecular complexity index is 570. The number of aliphatic hydroxyl groups is 1. The van der Waals surface area contributed by atoms with E-state index < -0.39 is 11.1 Å². The number of hydrogen-bond donors (Lipinski definition) is 2. The molecule has 2 rings (SSSR count). The van der Waals surface area contributed by atoms with Crippen molar-refractivity contribution in [3.05, 3.63) is 29.8 Å². The Kier molecular flexibility index (Phi) is 3.96. The van der Waals surface area contributed by atoms with Crippen LogP contribution in [0.25, 0.3) is 6.08 Å². The van der Waals surface area contributed by atoms with Crippen LogP contribution in [0, 0.1) is 0 Å². The number of carbonyl (C=O) groups is 1. The van der Waals surface area contributed by atoms with E-state index in [2.05, 4.69) is 5.32 Å². The van der Waals surface area contributed by atoms with Crippen LogP contribution in [0.5, 0.6) is 11.5 Å². The number of benzene rings is 1. The van der Waals surface area contributed by atoms with Crippen LogP contribution in [0.15, 0.2) is 24.3 Å². The largest absolute Gasteiger partial charge is 0.454 e. The minimum atomic E-state index is -1.02. The highest BCUT2D eigenvalue weighted by Crippen LogP contribution is 2.32. The van der Waals surface area contributed by atoms with Crippen molar-refractivity contribution in [2.75, 3.05) is 6.79 Å². The van der Waals surface area contributed by atoms with Crippen molar-refractivity contribution in [3.63, 3.8) is 0 Å². The SMILES string of the molecule is CC(C)(O)C(C)(C)NC(=O)/C=C/c1ccc2c(c1)OCO2. The molecule has 1 aromatic carbocycles. The van der Waals surface area contributed by atoms with E-state index in [0.717, 1.165) is 5.56 Å². The first-order valence-electron chi connectivity index (χ1n) is 6.81. The number of carbonyl (C=O) groups excluding carboxylic acids is 1. The lowest BCUT2D eigenvalue weighted by Crippen LogP contribution is -2.57. The molecule has 0 saturated carbocycles. The van der Waals surface area contributed by atoms with Gasteiger partial charge >= 0.3 is 0 Å². The summed E-state index contributed by atoms with van der Waals surface area (Å²) in [5.74, 6) is 1.12. The first-order chi connectivity index (χ1) is 9.69. The molecule has 0 fully saturated rings. The molecule has 0 spiro atoms. The van der Waals surface area contributed by atoms with Crippen LogP contribution in [0.3, 0.4) is 0 Å². The van der Waals surface area contributed by atoms with Gasteiger partial charge in [-0.25, -0.2) is 0 Å². The summed E-state index contributed by atoms with van der Waals surface area (Å²) >= 11 is 0. The number of nitrogens with one attached hydrogen (secondary N) is 1. The highest BCUT2D eigenvalue weighted by Gasteiger charge is 2.35. The quantitative estimate of drug-likeness (QED) is 0.834. The fourth-order valence-electron chi connectivity index (χ4n) is 1.69. The molecule has 0 saturated heterocycles. The summed E-state index contributed by atoms with van der Waals surface area (Å²) in [5, 5.41) is 12.8. The van der Waals surface area contributed by atoms with Gasteiger partial charge in [0.25, 0.3) is 0 Å². The standard InChI is InChI=1S/C16H21NO4/c1-15(2,16(3,4)19)17-14(18)8-6-11-5-7-12-13(9-11)21-10-20-12/h5-9,19H,10H2,1-4H3,(H,17,18)/b8-6+. The first kappa shape index (κ1) is 15.4. The predicted octanol–water partition coefficient (Wildman–Crippen LogP) is 2.09. The zero-order valence-corrected chi connectivity index (χ0v) is 12.8. The van der Waals surface area contributed by atoms with Crippen molar-refractivity contribution >= 4 is 12.0 Å². The number of hydrogen-bond acceptors (Lipinski definition) is 4. The van der Waals surface area contributed by atoms with Crippen molar-refractivity contribution < 1.29 is 19.4 Å². The van der Waals surface area contributed by atoms with E-state index in [9.17, 15) is 9.90 Å². The Balaban J connectivity index is 2.03. The Morgan fingerprint density at radius 2 is 1.90 bits per heavy atom. The van der Waals surface area contributed by atoms with Crippen molar-refractivity contribution in [1.82, 2.24) is 5.32 Å². The number of fused-ring (bicyclic) bond motifs is 1. The molecule has 5 heteroatoms. The Labute approximate surface area is 124 Å². The van der Waals surface area contributed by atoms with Crippen LogP contribution in [0.2, 0.25) is 0 Å². The summed E-state index contributed by atoms with van der Waals surface area (Å²) in [4.78, 5) is 11.9. The average molecular weight is 291 g/mol. The van der Waals surface area contributed by atoms with Gasteiger partial charge in [0, 0.05) is 6.08 Å². The molecule has 1 amide bonds. The van der Waals surface area contributed by atoms with Gasteiger partial charge in [-0.15, -0.1) is 0 Å². The van der Waals surface area contributed by atoms with Crippen LogP contribution >= 0.6 is 0 Å². The monoisotopic (exact) mass is 291 g/mol. The van der Waals surface area contributed by atoms with E-state index in [1.807, 2.05) is 12.1 Å². The topological polar surface area (TPSA) is 67.8 Å². The van der Waals surface area contributed by atoms with Gasteiger partial charge in [0.15, 0.2) is 11.5 Å². The van der Waals surface area contributed by atoms with Gasteiger partial charge in [-0.3, -0.25) is 4.79 Å². The van der Waals surface area contributed by atoms with Crippen molar-refractivity contribution in [2.24, 2.45) is 0 Å². The van der Waals surface area contributed by atoms with Crippen LogP contribution in [0.4, 0.5) is 0 Å². The van der Waals surface area contributed by atoms with Crippen LogP contribution in [0.1, 0.15) is 33.3 Å². The van der Waals surface area contributed by atoms with E-state index in [1.54, 1.807) is 39.8 Å². The molecule has 1 aromatic rings. The van der Waals surface area contributed by atoms with E-state index in [0.29, 0.717) is 11.5 Å². The molecule has 0 atom stereocenters. The fourth-order valence-corrected chi connectivity index (χ4v) is 1.69. The molecule has 1 aliphatic heterocycles. The third-order valence-electron chi connectivity index (χ3n) is 3.79. The number of ether oxygens (including phenoxy) is 2. The predicted molar refractivity (Wildman–Crippen MR) is 80.1 cm³/mol. The first-order valence-corrected chi connectivity index (χ1v) is 6.81. The number of rotatable bonds is 4. The molecule has 0 bridgehead atoms. The summed E-state index contributed by atoms with van der Waals surface area (Å²) in [6.45, 7) is 7.10. The zero-order valence-electron chi connectivity index (χ0n) is 12.8. The van der Waals surface area contributed by atoms with Gasteiger partial charge in [-0.2, -0.15) is 0 Å². The van der Waals surface area contributed by atoms with Gasteiger partial charge in [0.05, 0.1) is 11.1 Å². The van der Waals surface area contributed by atoms with Crippen molar-refractivity contribution in [3.8, 4) is 11.5 Å². The summed E-state index contributed by atoms with van der Waals surface area (Å²) in [6, 6.07) is 5.46. The summed E-state index contributed by atoms with van der Waals surface area (Å²) < 4.78 is 10.5. The summed E-state index contributed by atoms with van der Waals surface area (Å²) in [6.07, 6.45) is 3.13. The molecule has 0 unspecified atom stereocenters. The van der Waals surface area contributed by atoms with Crippen molar-refractivity contribution in [2.45, 2.75) is 38.8 Å². The lowest BCUT2D eigenvalue weighted by Gasteiger charge is -2.37. The molecule has 21 heavy (non-hydrogen) atoms. The molecule has 1 heterocycles. The van der Waals surface area contributed by atoms with Gasteiger partial charge in [0.1, 0.15) is 0 Å². The van der Waals surface area contributed by atoms with Crippen LogP contribution in [-0.2, 0) is 4.79 Å². The van der Waals surface area contributed by atoms with E-state index in [-0.39, 0.29) is 12.7 Å². The molecular weight excluding hydrogens is 270 g/mol. The zero-order chi connectivity index (χ0) is 15.7. The molecule has 114 valence electrons. The van der Waals surface area contributed by atoms with Gasteiger partial charge < -0.3 is 19.9 Å². The molecule has 0 aliphatic carbocycles. The molecule has 1 aliphatic rings. The second kappa shape index (κ2) is 5.41. The minimum absolute atomic E-state index is 0.225. The highest BCUT2D eigenvalue weighted by molar-refractivity contribution is 5.92. The van der Waals surface area contributed by atoms with Crippen molar-refractivity contribution in [1.29, 1.82) is 0 Å². The second-order valence-corrected chi connectivity index (χ2v) is 6.12. The Morgan fingerprint density at radius 1 is 1.24 bits per heavy atom. The molecule has 5 nitrogen and oxygen atoms in total. The Morgan fingerprint density at radius 3 is 2.57 bits per heavy atom. The molecule has 2 N–H and O–H groups in total. The normalized spacial score (nSPS) is 14.5. The maximum Gasteiger partial charge on any atom is 0.244 e. The van der Waals surface area contributed by atoms with E-state index >= 15 is 0 Å².